The molecule has 0 heterocycles. The standard InChI is InChI=1S/C27H32ClN3O5/c1-27(2,3)24(26(35)30(4)5)29-23(33)17-22(32)25(34)31(36)16-6-7-18-8-10-19(11-9-18)20-12-14-21(28)15-13-20/h8-15,22,24,32,36H,16-17H2,1-5H3,(H,29,33)/t22-,24+/m0/s1. The van der Waals surface area contributed by atoms with Crippen LogP contribution in [0, 0.1) is 17.3 Å². The van der Waals surface area contributed by atoms with Gasteiger partial charge < -0.3 is 15.3 Å². The number of likely N-dealkylation sites (N-methyl/N-ethyl adjacent to an activating group) is 1. The number of carbonyl (C=O) groups excluding carboxylic acids is 3. The van der Waals surface area contributed by atoms with Crippen molar-refractivity contribution in [3.63, 3.8) is 0 Å². The first-order valence-electron chi connectivity index (χ1n) is 11.3. The summed E-state index contributed by atoms with van der Waals surface area (Å²) < 4.78 is 0. The minimum atomic E-state index is -1.79. The second-order valence-corrected chi connectivity index (χ2v) is 10.0. The lowest BCUT2D eigenvalue weighted by molar-refractivity contribution is -0.173. The lowest BCUT2D eigenvalue weighted by Gasteiger charge is -2.32. The molecule has 2 atom stereocenters. The summed E-state index contributed by atoms with van der Waals surface area (Å²) in [4.78, 5) is 38.4. The summed E-state index contributed by atoms with van der Waals surface area (Å²) in [6, 6.07) is 14.0. The van der Waals surface area contributed by atoms with Crippen molar-refractivity contribution in [2.45, 2.75) is 39.3 Å². The van der Waals surface area contributed by atoms with Gasteiger partial charge in [0.05, 0.1) is 6.42 Å². The van der Waals surface area contributed by atoms with Gasteiger partial charge in [0.25, 0.3) is 5.91 Å². The third kappa shape index (κ3) is 8.38. The Balaban J connectivity index is 1.92. The summed E-state index contributed by atoms with van der Waals surface area (Å²) in [7, 11) is 3.15. The molecular weight excluding hydrogens is 482 g/mol. The fourth-order valence-electron chi connectivity index (χ4n) is 3.24. The number of nitrogens with zero attached hydrogens (tertiary/aromatic N) is 2. The van der Waals surface area contributed by atoms with Crippen molar-refractivity contribution >= 4 is 29.3 Å². The van der Waals surface area contributed by atoms with Crippen LogP contribution in [0.15, 0.2) is 48.5 Å². The van der Waals surface area contributed by atoms with E-state index in [2.05, 4.69) is 17.2 Å². The molecule has 0 bridgehead atoms. The van der Waals surface area contributed by atoms with Gasteiger partial charge in [-0.05, 0) is 40.8 Å². The van der Waals surface area contributed by atoms with E-state index in [0.29, 0.717) is 10.6 Å². The van der Waals surface area contributed by atoms with Gasteiger partial charge in [-0.1, -0.05) is 68.5 Å². The van der Waals surface area contributed by atoms with Crippen LogP contribution in [0.3, 0.4) is 0 Å². The molecule has 0 spiro atoms. The molecule has 0 radical (unpaired) electrons. The molecule has 0 aliphatic rings. The Labute approximate surface area is 216 Å². The maximum Gasteiger partial charge on any atom is 0.276 e. The molecule has 0 fully saturated rings. The number of amides is 3. The van der Waals surface area contributed by atoms with E-state index in [1.807, 2.05) is 36.4 Å². The van der Waals surface area contributed by atoms with Crippen LogP contribution in [0.4, 0.5) is 0 Å². The van der Waals surface area contributed by atoms with Crippen molar-refractivity contribution in [1.29, 1.82) is 0 Å². The van der Waals surface area contributed by atoms with Crippen LogP contribution in [-0.4, -0.2) is 70.8 Å². The topological polar surface area (TPSA) is 110 Å². The number of halogens is 1. The van der Waals surface area contributed by atoms with Crippen molar-refractivity contribution in [1.82, 2.24) is 15.3 Å². The summed E-state index contributed by atoms with van der Waals surface area (Å²) in [5.41, 5.74) is 2.08. The van der Waals surface area contributed by atoms with E-state index >= 15 is 0 Å². The quantitative estimate of drug-likeness (QED) is 0.299. The Morgan fingerprint density at radius 2 is 1.50 bits per heavy atom. The minimum Gasteiger partial charge on any atom is -0.383 e. The van der Waals surface area contributed by atoms with E-state index in [1.54, 1.807) is 47.0 Å². The Hall–Kier alpha value is -3.38. The van der Waals surface area contributed by atoms with Gasteiger partial charge in [-0.3, -0.25) is 19.6 Å². The lowest BCUT2D eigenvalue weighted by Crippen LogP contribution is -2.54. The van der Waals surface area contributed by atoms with Gasteiger partial charge in [-0.2, -0.15) is 0 Å². The van der Waals surface area contributed by atoms with Gasteiger partial charge in [0.2, 0.25) is 11.8 Å². The summed E-state index contributed by atoms with van der Waals surface area (Å²) >= 11 is 5.92. The fourth-order valence-corrected chi connectivity index (χ4v) is 3.37. The molecule has 0 aromatic heterocycles. The van der Waals surface area contributed by atoms with Crippen molar-refractivity contribution in [2.24, 2.45) is 5.41 Å². The monoisotopic (exact) mass is 513 g/mol. The number of nitrogens with one attached hydrogen (secondary N) is 1. The Morgan fingerprint density at radius 3 is 2.00 bits per heavy atom. The Kier molecular flexibility index (Phi) is 10.1. The molecule has 8 nitrogen and oxygen atoms in total. The number of hydrogen-bond donors (Lipinski definition) is 3. The summed E-state index contributed by atoms with van der Waals surface area (Å²) in [6.07, 6.45) is -2.39. The number of rotatable bonds is 7. The van der Waals surface area contributed by atoms with Gasteiger partial charge >= 0.3 is 0 Å². The molecule has 0 aliphatic carbocycles. The van der Waals surface area contributed by atoms with Crippen molar-refractivity contribution in [3.8, 4) is 23.0 Å². The number of hydroxylamine groups is 2. The maximum atomic E-state index is 12.4. The molecule has 192 valence electrons. The van der Waals surface area contributed by atoms with Gasteiger partial charge in [0.15, 0.2) is 0 Å². The van der Waals surface area contributed by atoms with E-state index in [9.17, 15) is 24.7 Å². The smallest absolute Gasteiger partial charge is 0.276 e. The van der Waals surface area contributed by atoms with Gasteiger partial charge in [-0.25, -0.2) is 5.06 Å². The van der Waals surface area contributed by atoms with Crippen LogP contribution in [0.25, 0.3) is 11.1 Å². The highest BCUT2D eigenvalue weighted by Gasteiger charge is 2.34. The van der Waals surface area contributed by atoms with E-state index in [-0.39, 0.29) is 17.5 Å². The summed E-state index contributed by atoms with van der Waals surface area (Å²) in [6.45, 7) is 5.01. The fraction of sp³-hybridized carbons (Fsp3) is 0.370. The molecule has 36 heavy (non-hydrogen) atoms. The Morgan fingerprint density at radius 1 is 0.972 bits per heavy atom. The molecule has 3 N–H and O–H groups in total. The van der Waals surface area contributed by atoms with Crippen LogP contribution in [-0.2, 0) is 14.4 Å². The zero-order valence-corrected chi connectivity index (χ0v) is 21.8. The molecule has 2 rings (SSSR count). The zero-order chi connectivity index (χ0) is 27.0. The highest BCUT2D eigenvalue weighted by molar-refractivity contribution is 6.30. The first-order valence-corrected chi connectivity index (χ1v) is 11.7. The van der Waals surface area contributed by atoms with Crippen LogP contribution in [0.5, 0.6) is 0 Å². The van der Waals surface area contributed by atoms with E-state index in [4.69, 9.17) is 11.6 Å². The van der Waals surface area contributed by atoms with Crippen molar-refractivity contribution in [3.05, 3.63) is 59.1 Å². The van der Waals surface area contributed by atoms with Crippen LogP contribution in [0.2, 0.25) is 5.02 Å². The predicted octanol–water partition coefficient (Wildman–Crippen LogP) is 2.95. The molecule has 0 unspecified atom stereocenters. The highest BCUT2D eigenvalue weighted by Crippen LogP contribution is 2.22. The average molecular weight is 514 g/mol. The molecule has 9 heteroatoms. The summed E-state index contributed by atoms with van der Waals surface area (Å²) in [5, 5.41) is 23.6. The van der Waals surface area contributed by atoms with E-state index in [1.165, 1.54) is 4.90 Å². The first kappa shape index (κ1) is 28.9. The molecular formula is C27H32ClN3O5. The zero-order valence-electron chi connectivity index (χ0n) is 21.1. The van der Waals surface area contributed by atoms with Crippen LogP contribution < -0.4 is 5.32 Å². The van der Waals surface area contributed by atoms with Crippen LogP contribution in [0.1, 0.15) is 32.8 Å². The second-order valence-electron chi connectivity index (χ2n) is 9.60. The van der Waals surface area contributed by atoms with Gasteiger partial charge in [0, 0.05) is 24.7 Å². The predicted molar refractivity (Wildman–Crippen MR) is 138 cm³/mol. The number of aliphatic hydroxyl groups is 1. The molecule has 0 aliphatic heterocycles. The molecule has 2 aromatic rings. The average Bonchev–Trinajstić information content (AvgIpc) is 2.81. The van der Waals surface area contributed by atoms with E-state index in [0.717, 1.165) is 11.1 Å². The number of hydrogen-bond acceptors (Lipinski definition) is 5. The molecule has 3 amide bonds. The molecule has 0 saturated carbocycles. The van der Waals surface area contributed by atoms with Crippen molar-refractivity contribution < 1.29 is 24.7 Å². The normalized spacial score (nSPS) is 12.6. The SMILES string of the molecule is CN(C)C(=O)[C@@H](NC(=O)C[C@H](O)C(=O)N(O)CC#Cc1ccc(-c2ccc(Cl)cc2)cc1)C(C)(C)C. The number of aliphatic hydroxyl groups excluding tert-OH is 1. The second kappa shape index (κ2) is 12.5. The third-order valence-corrected chi connectivity index (χ3v) is 5.55. The molecule has 0 saturated heterocycles. The highest BCUT2D eigenvalue weighted by atomic mass is 35.5. The van der Waals surface area contributed by atoms with Crippen LogP contribution >= 0.6 is 11.6 Å². The van der Waals surface area contributed by atoms with Crippen molar-refractivity contribution in [2.75, 3.05) is 20.6 Å². The number of benzene rings is 2. The number of carbonyl (C=O) groups is 3. The van der Waals surface area contributed by atoms with E-state index < -0.39 is 35.8 Å². The lowest BCUT2D eigenvalue weighted by atomic mass is 9.85. The maximum absolute atomic E-state index is 12.4. The largest absolute Gasteiger partial charge is 0.383 e. The molecule has 2 aromatic carbocycles. The first-order chi connectivity index (χ1) is 16.8. The van der Waals surface area contributed by atoms with Gasteiger partial charge in [-0.15, -0.1) is 0 Å². The Bertz CT molecular complexity index is 1130. The summed E-state index contributed by atoms with van der Waals surface area (Å²) in [5.74, 6) is 3.44. The third-order valence-electron chi connectivity index (χ3n) is 5.30. The van der Waals surface area contributed by atoms with Gasteiger partial charge in [0.1, 0.15) is 18.7 Å². The minimum absolute atomic E-state index is 0.263.